The van der Waals surface area contributed by atoms with E-state index in [-0.39, 0.29) is 11.9 Å². The SMILES string of the molecule is CCCCCCCCCC(NN)c1ccc(C)cc1F. The van der Waals surface area contributed by atoms with E-state index in [2.05, 4.69) is 12.3 Å². The molecule has 0 aromatic heterocycles. The van der Waals surface area contributed by atoms with E-state index in [1.54, 1.807) is 6.07 Å². The molecule has 0 spiro atoms. The molecule has 1 atom stereocenters. The Morgan fingerprint density at radius 1 is 1.10 bits per heavy atom. The number of aryl methyl sites for hydroxylation is 1. The molecule has 0 amide bonds. The van der Waals surface area contributed by atoms with Gasteiger partial charge in [-0.05, 0) is 25.0 Å². The predicted octanol–water partition coefficient (Wildman–Crippen LogP) is 4.78. The van der Waals surface area contributed by atoms with Gasteiger partial charge in [-0.3, -0.25) is 11.3 Å². The van der Waals surface area contributed by atoms with E-state index in [1.807, 2.05) is 19.1 Å². The molecule has 0 aliphatic rings. The van der Waals surface area contributed by atoms with E-state index < -0.39 is 0 Å². The van der Waals surface area contributed by atoms with Crippen LogP contribution in [0.3, 0.4) is 0 Å². The summed E-state index contributed by atoms with van der Waals surface area (Å²) in [5, 5.41) is 0. The van der Waals surface area contributed by atoms with Gasteiger partial charge in [0.15, 0.2) is 0 Å². The highest BCUT2D eigenvalue weighted by Gasteiger charge is 2.13. The van der Waals surface area contributed by atoms with Crippen molar-refractivity contribution in [3.63, 3.8) is 0 Å². The fourth-order valence-electron chi connectivity index (χ4n) is 2.55. The number of nitrogens with two attached hydrogens (primary N) is 1. The Labute approximate surface area is 122 Å². The molecule has 1 rings (SSSR count). The fraction of sp³-hybridized carbons (Fsp3) is 0.647. The highest BCUT2D eigenvalue weighted by Crippen LogP contribution is 2.23. The van der Waals surface area contributed by atoms with Crippen molar-refractivity contribution in [3.05, 3.63) is 35.1 Å². The number of benzene rings is 1. The summed E-state index contributed by atoms with van der Waals surface area (Å²) in [5.74, 6) is 5.42. The molecule has 0 bridgehead atoms. The van der Waals surface area contributed by atoms with Crippen LogP contribution in [0.1, 0.15) is 75.5 Å². The zero-order chi connectivity index (χ0) is 14.8. The molecule has 0 saturated heterocycles. The maximum atomic E-state index is 13.9. The lowest BCUT2D eigenvalue weighted by Crippen LogP contribution is -2.28. The van der Waals surface area contributed by atoms with Gasteiger partial charge >= 0.3 is 0 Å². The Hall–Kier alpha value is -0.930. The largest absolute Gasteiger partial charge is 0.271 e. The molecule has 1 aromatic carbocycles. The van der Waals surface area contributed by atoms with Crippen molar-refractivity contribution in [2.24, 2.45) is 5.84 Å². The molecule has 0 fully saturated rings. The number of hydrazine groups is 1. The Kier molecular flexibility index (Phi) is 8.47. The van der Waals surface area contributed by atoms with Crippen LogP contribution in [0.15, 0.2) is 18.2 Å². The molecule has 114 valence electrons. The highest BCUT2D eigenvalue weighted by molar-refractivity contribution is 5.26. The summed E-state index contributed by atoms with van der Waals surface area (Å²) in [5.41, 5.74) is 4.38. The topological polar surface area (TPSA) is 38.0 Å². The maximum Gasteiger partial charge on any atom is 0.128 e. The summed E-state index contributed by atoms with van der Waals surface area (Å²) < 4.78 is 13.9. The Morgan fingerprint density at radius 2 is 1.75 bits per heavy atom. The standard InChI is InChI=1S/C17H29FN2/c1-3-4-5-6-7-8-9-10-17(20-19)15-12-11-14(2)13-16(15)18/h11-13,17,20H,3-10,19H2,1-2H3. The van der Waals surface area contributed by atoms with Crippen molar-refractivity contribution in [1.82, 2.24) is 5.43 Å². The van der Waals surface area contributed by atoms with Crippen LogP contribution in [0.5, 0.6) is 0 Å². The Bertz CT molecular complexity index is 379. The lowest BCUT2D eigenvalue weighted by atomic mass is 9.98. The highest BCUT2D eigenvalue weighted by atomic mass is 19.1. The first-order valence-electron chi connectivity index (χ1n) is 7.91. The molecule has 3 heteroatoms. The number of unbranched alkanes of at least 4 members (excludes halogenated alkanes) is 6. The van der Waals surface area contributed by atoms with E-state index in [0.717, 1.165) is 18.4 Å². The van der Waals surface area contributed by atoms with Gasteiger partial charge in [0.25, 0.3) is 0 Å². The van der Waals surface area contributed by atoms with E-state index in [4.69, 9.17) is 5.84 Å². The molecule has 3 N–H and O–H groups in total. The molecule has 0 aliphatic carbocycles. The van der Waals surface area contributed by atoms with Crippen LogP contribution in [0, 0.1) is 12.7 Å². The van der Waals surface area contributed by atoms with Gasteiger partial charge in [0.05, 0.1) is 0 Å². The molecule has 0 heterocycles. The summed E-state index contributed by atoms with van der Waals surface area (Å²) in [7, 11) is 0. The summed E-state index contributed by atoms with van der Waals surface area (Å²) in [6.45, 7) is 4.13. The third kappa shape index (κ3) is 6.02. The van der Waals surface area contributed by atoms with Gasteiger partial charge in [-0.25, -0.2) is 4.39 Å². The Balaban J connectivity index is 2.32. The van der Waals surface area contributed by atoms with Gasteiger partial charge in [0.2, 0.25) is 0 Å². The summed E-state index contributed by atoms with van der Waals surface area (Å²) in [4.78, 5) is 0. The normalized spacial score (nSPS) is 12.6. The van der Waals surface area contributed by atoms with Crippen LogP contribution >= 0.6 is 0 Å². The Morgan fingerprint density at radius 3 is 2.35 bits per heavy atom. The van der Waals surface area contributed by atoms with E-state index in [1.165, 1.54) is 38.5 Å². The molecule has 1 unspecified atom stereocenters. The van der Waals surface area contributed by atoms with Gasteiger partial charge in [0.1, 0.15) is 5.82 Å². The molecule has 2 nitrogen and oxygen atoms in total. The number of nitrogens with one attached hydrogen (secondary N) is 1. The van der Waals surface area contributed by atoms with Gasteiger partial charge in [-0.1, -0.05) is 64.0 Å². The third-order valence-corrected chi connectivity index (χ3v) is 3.83. The van der Waals surface area contributed by atoms with Crippen LogP contribution in [-0.4, -0.2) is 0 Å². The van der Waals surface area contributed by atoms with Crippen molar-refractivity contribution in [2.75, 3.05) is 0 Å². The summed E-state index contributed by atoms with van der Waals surface area (Å²) in [6.07, 6.45) is 9.73. The first-order chi connectivity index (χ1) is 9.69. The second-order valence-corrected chi connectivity index (χ2v) is 5.65. The molecule has 0 aliphatic heterocycles. The van der Waals surface area contributed by atoms with Gasteiger partial charge in [-0.15, -0.1) is 0 Å². The first kappa shape index (κ1) is 17.1. The van der Waals surface area contributed by atoms with E-state index in [9.17, 15) is 4.39 Å². The quantitative estimate of drug-likeness (QED) is 0.368. The van der Waals surface area contributed by atoms with Crippen LogP contribution in [0.25, 0.3) is 0 Å². The number of hydrogen-bond donors (Lipinski definition) is 2. The molecule has 0 saturated carbocycles. The fourth-order valence-corrected chi connectivity index (χ4v) is 2.55. The minimum atomic E-state index is -0.157. The number of hydrogen-bond acceptors (Lipinski definition) is 2. The van der Waals surface area contributed by atoms with Crippen molar-refractivity contribution in [1.29, 1.82) is 0 Å². The molecule has 20 heavy (non-hydrogen) atoms. The summed E-state index contributed by atoms with van der Waals surface area (Å²) in [6, 6.07) is 5.28. The minimum absolute atomic E-state index is 0.0776. The lowest BCUT2D eigenvalue weighted by molar-refractivity contribution is 0.456. The van der Waals surface area contributed by atoms with E-state index >= 15 is 0 Å². The average Bonchev–Trinajstić information content (AvgIpc) is 2.43. The van der Waals surface area contributed by atoms with Crippen molar-refractivity contribution in [3.8, 4) is 0 Å². The second kappa shape index (κ2) is 9.89. The predicted molar refractivity (Wildman–Crippen MR) is 83.8 cm³/mol. The molecular weight excluding hydrogens is 251 g/mol. The number of halogens is 1. The van der Waals surface area contributed by atoms with Crippen LogP contribution in [-0.2, 0) is 0 Å². The first-order valence-corrected chi connectivity index (χ1v) is 7.91. The monoisotopic (exact) mass is 280 g/mol. The number of rotatable bonds is 10. The van der Waals surface area contributed by atoms with Crippen molar-refractivity contribution >= 4 is 0 Å². The smallest absolute Gasteiger partial charge is 0.128 e. The van der Waals surface area contributed by atoms with Crippen molar-refractivity contribution in [2.45, 2.75) is 71.3 Å². The molecular formula is C17H29FN2. The van der Waals surface area contributed by atoms with Crippen LogP contribution in [0.2, 0.25) is 0 Å². The van der Waals surface area contributed by atoms with E-state index in [0.29, 0.717) is 5.56 Å². The van der Waals surface area contributed by atoms with Crippen LogP contribution in [0.4, 0.5) is 4.39 Å². The molecule has 1 aromatic rings. The van der Waals surface area contributed by atoms with Crippen molar-refractivity contribution < 1.29 is 4.39 Å². The minimum Gasteiger partial charge on any atom is -0.271 e. The van der Waals surface area contributed by atoms with Crippen LogP contribution < -0.4 is 11.3 Å². The summed E-state index contributed by atoms with van der Waals surface area (Å²) >= 11 is 0. The second-order valence-electron chi connectivity index (χ2n) is 5.65. The van der Waals surface area contributed by atoms with Gasteiger partial charge in [-0.2, -0.15) is 0 Å². The third-order valence-electron chi connectivity index (χ3n) is 3.83. The maximum absolute atomic E-state index is 13.9. The molecule has 0 radical (unpaired) electrons. The average molecular weight is 280 g/mol. The lowest BCUT2D eigenvalue weighted by Gasteiger charge is -2.17. The van der Waals surface area contributed by atoms with Gasteiger partial charge < -0.3 is 0 Å². The zero-order valence-electron chi connectivity index (χ0n) is 12.9. The van der Waals surface area contributed by atoms with Gasteiger partial charge in [0, 0.05) is 11.6 Å². The zero-order valence-corrected chi connectivity index (χ0v) is 12.9.